The van der Waals surface area contributed by atoms with Crippen LogP contribution in [0.3, 0.4) is 0 Å². The van der Waals surface area contributed by atoms with E-state index in [-0.39, 0.29) is 18.4 Å². The first-order valence-electron chi connectivity index (χ1n) is 9.02. The van der Waals surface area contributed by atoms with Crippen molar-refractivity contribution in [2.75, 3.05) is 19.7 Å². The summed E-state index contributed by atoms with van der Waals surface area (Å²) in [5.41, 5.74) is 1.63. The lowest BCUT2D eigenvalue weighted by molar-refractivity contribution is -0.134. The Kier molecular flexibility index (Phi) is 5.34. The number of carbonyl (C=O) groups is 1. The maximum atomic E-state index is 13.2. The van der Waals surface area contributed by atoms with E-state index in [1.807, 2.05) is 13.0 Å². The minimum atomic E-state index is -0.394. The second-order valence-electron chi connectivity index (χ2n) is 6.74. The topological polar surface area (TPSA) is 81.4 Å². The molecule has 3 heterocycles. The monoisotopic (exact) mass is 402 g/mol. The van der Waals surface area contributed by atoms with Gasteiger partial charge in [-0.25, -0.2) is 4.39 Å². The average molecular weight is 402 g/mol. The molecule has 7 nitrogen and oxygen atoms in total. The van der Waals surface area contributed by atoms with Gasteiger partial charge in [-0.05, 0) is 43.4 Å². The highest BCUT2D eigenvalue weighted by Gasteiger charge is 2.30. The smallest absolute Gasteiger partial charge is 0.260 e. The van der Waals surface area contributed by atoms with Crippen LogP contribution in [0.2, 0.25) is 0 Å². The summed E-state index contributed by atoms with van der Waals surface area (Å²) < 4.78 is 28.1. The predicted octanol–water partition coefficient (Wildman–Crippen LogP) is 3.43. The van der Waals surface area contributed by atoms with Crippen LogP contribution in [0.1, 0.15) is 30.1 Å². The number of nitrogens with zero attached hydrogens (tertiary/aromatic N) is 4. The lowest BCUT2D eigenvalue weighted by Gasteiger charge is -2.32. The predicted molar refractivity (Wildman–Crippen MR) is 101 cm³/mol. The number of likely N-dealkylation sites (tertiary alicyclic amines) is 1. The van der Waals surface area contributed by atoms with Gasteiger partial charge in [-0.1, -0.05) is 15.7 Å². The summed E-state index contributed by atoms with van der Waals surface area (Å²) in [6.07, 6.45) is 1.78. The number of hydrogen-bond donors (Lipinski definition) is 0. The Balaban J connectivity index is 1.42. The van der Waals surface area contributed by atoms with Crippen molar-refractivity contribution in [2.45, 2.75) is 25.7 Å². The van der Waals surface area contributed by atoms with Crippen LogP contribution in [0.4, 0.5) is 4.39 Å². The SMILES string of the molecule is Cc1cc(-c2snnc2[C@@H]2CCCN(C(=O)COc3cccc(F)c3)C2)on1. The number of piperidine rings is 1. The molecule has 3 aromatic rings. The standard InChI is InChI=1S/C19H19FN4O3S/c1-12-8-16(27-22-12)19-18(21-23-28-19)13-4-3-7-24(10-13)17(25)11-26-15-6-2-5-14(20)9-15/h2,5-6,8-9,13H,3-4,7,10-11H2,1H3/t13-/m1/s1. The Labute approximate surface area is 165 Å². The van der Waals surface area contributed by atoms with Gasteiger partial charge in [0, 0.05) is 31.1 Å². The molecule has 1 aliphatic heterocycles. The molecule has 1 saturated heterocycles. The molecular weight excluding hydrogens is 383 g/mol. The van der Waals surface area contributed by atoms with Crippen molar-refractivity contribution >= 4 is 17.4 Å². The van der Waals surface area contributed by atoms with Crippen molar-refractivity contribution < 1.29 is 18.4 Å². The molecule has 0 radical (unpaired) electrons. The molecule has 0 saturated carbocycles. The van der Waals surface area contributed by atoms with Crippen LogP contribution in [0, 0.1) is 12.7 Å². The van der Waals surface area contributed by atoms with E-state index in [1.54, 1.807) is 17.0 Å². The normalized spacial score (nSPS) is 16.9. The molecule has 146 valence electrons. The van der Waals surface area contributed by atoms with E-state index in [4.69, 9.17) is 9.26 Å². The molecule has 4 rings (SSSR count). The molecule has 0 bridgehead atoms. The molecule has 9 heteroatoms. The van der Waals surface area contributed by atoms with Crippen LogP contribution >= 0.6 is 11.5 Å². The molecule has 1 atom stereocenters. The Morgan fingerprint density at radius 2 is 2.32 bits per heavy atom. The molecule has 2 aromatic heterocycles. The first-order valence-corrected chi connectivity index (χ1v) is 9.79. The Bertz CT molecular complexity index is 974. The van der Waals surface area contributed by atoms with Gasteiger partial charge >= 0.3 is 0 Å². The van der Waals surface area contributed by atoms with Gasteiger partial charge in [0.25, 0.3) is 5.91 Å². The van der Waals surface area contributed by atoms with E-state index in [2.05, 4.69) is 14.7 Å². The average Bonchev–Trinajstić information content (AvgIpc) is 3.35. The van der Waals surface area contributed by atoms with Gasteiger partial charge in [-0.2, -0.15) is 0 Å². The number of benzene rings is 1. The van der Waals surface area contributed by atoms with E-state index < -0.39 is 5.82 Å². The highest BCUT2D eigenvalue weighted by molar-refractivity contribution is 7.09. The zero-order chi connectivity index (χ0) is 19.5. The van der Waals surface area contributed by atoms with Crippen molar-refractivity contribution in [3.63, 3.8) is 0 Å². The summed E-state index contributed by atoms with van der Waals surface area (Å²) in [4.78, 5) is 15.2. The molecule has 1 fully saturated rings. The number of aromatic nitrogens is 3. The summed E-state index contributed by atoms with van der Waals surface area (Å²) in [5.74, 6) is 0.545. The number of aryl methyl sites for hydroxylation is 1. The number of rotatable bonds is 5. The highest BCUT2D eigenvalue weighted by atomic mass is 32.1. The molecular formula is C19H19FN4O3S. The first-order chi connectivity index (χ1) is 13.6. The summed E-state index contributed by atoms with van der Waals surface area (Å²) in [6, 6.07) is 7.63. The van der Waals surface area contributed by atoms with Crippen molar-refractivity contribution in [1.82, 2.24) is 19.6 Å². The molecule has 0 unspecified atom stereocenters. The fourth-order valence-corrected chi connectivity index (χ4v) is 4.02. The van der Waals surface area contributed by atoms with Gasteiger partial charge in [0.2, 0.25) is 0 Å². The summed E-state index contributed by atoms with van der Waals surface area (Å²) >= 11 is 1.27. The zero-order valence-corrected chi connectivity index (χ0v) is 16.1. The molecule has 0 N–H and O–H groups in total. The third-order valence-corrected chi connectivity index (χ3v) is 5.44. The highest BCUT2D eigenvalue weighted by Crippen LogP contribution is 2.35. The zero-order valence-electron chi connectivity index (χ0n) is 15.3. The molecule has 1 amide bonds. The number of hydrogen-bond acceptors (Lipinski definition) is 7. The molecule has 1 aromatic carbocycles. The lowest BCUT2D eigenvalue weighted by Crippen LogP contribution is -2.41. The second kappa shape index (κ2) is 8.05. The molecule has 1 aliphatic rings. The lowest BCUT2D eigenvalue weighted by atomic mass is 9.93. The van der Waals surface area contributed by atoms with E-state index in [0.29, 0.717) is 24.6 Å². The van der Waals surface area contributed by atoms with Crippen LogP contribution in [-0.2, 0) is 4.79 Å². The maximum Gasteiger partial charge on any atom is 0.260 e. The third-order valence-electron chi connectivity index (χ3n) is 4.68. The Hall–Kier alpha value is -2.81. The van der Waals surface area contributed by atoms with Crippen molar-refractivity contribution in [3.05, 3.63) is 47.5 Å². The maximum absolute atomic E-state index is 13.2. The van der Waals surface area contributed by atoms with E-state index in [9.17, 15) is 9.18 Å². The van der Waals surface area contributed by atoms with Gasteiger partial charge in [-0.15, -0.1) is 5.10 Å². The first kappa shape index (κ1) is 18.5. The van der Waals surface area contributed by atoms with Crippen molar-refractivity contribution in [2.24, 2.45) is 0 Å². The van der Waals surface area contributed by atoms with Crippen LogP contribution in [0.25, 0.3) is 10.6 Å². The fraction of sp³-hybridized carbons (Fsp3) is 0.368. The number of ether oxygens (including phenoxy) is 1. The van der Waals surface area contributed by atoms with Crippen molar-refractivity contribution in [1.29, 1.82) is 0 Å². The number of halogens is 1. The molecule has 0 spiro atoms. The van der Waals surface area contributed by atoms with E-state index >= 15 is 0 Å². The largest absolute Gasteiger partial charge is 0.484 e. The summed E-state index contributed by atoms with van der Waals surface area (Å²) in [6.45, 7) is 2.94. The minimum Gasteiger partial charge on any atom is -0.484 e. The van der Waals surface area contributed by atoms with Crippen molar-refractivity contribution in [3.8, 4) is 16.4 Å². The molecule has 0 aliphatic carbocycles. The summed E-state index contributed by atoms with van der Waals surface area (Å²) in [5, 5.41) is 8.22. The Morgan fingerprint density at radius 1 is 1.43 bits per heavy atom. The van der Waals surface area contributed by atoms with Crippen LogP contribution in [-0.4, -0.2) is 45.2 Å². The molecule has 28 heavy (non-hydrogen) atoms. The number of carbonyl (C=O) groups excluding carboxylic acids is 1. The van der Waals surface area contributed by atoms with Gasteiger partial charge in [0.1, 0.15) is 16.4 Å². The summed E-state index contributed by atoms with van der Waals surface area (Å²) in [7, 11) is 0. The van der Waals surface area contributed by atoms with Crippen LogP contribution in [0.5, 0.6) is 5.75 Å². The van der Waals surface area contributed by atoms with Gasteiger partial charge in [0.15, 0.2) is 12.4 Å². The second-order valence-corrected chi connectivity index (χ2v) is 7.50. The Morgan fingerprint density at radius 3 is 3.11 bits per heavy atom. The van der Waals surface area contributed by atoms with E-state index in [1.165, 1.54) is 23.7 Å². The third kappa shape index (κ3) is 4.04. The van der Waals surface area contributed by atoms with Crippen LogP contribution in [0.15, 0.2) is 34.9 Å². The van der Waals surface area contributed by atoms with Crippen LogP contribution < -0.4 is 4.74 Å². The van der Waals surface area contributed by atoms with Gasteiger partial charge in [-0.3, -0.25) is 4.79 Å². The quantitative estimate of drug-likeness (QED) is 0.650. The fourth-order valence-electron chi connectivity index (χ4n) is 3.33. The van der Waals surface area contributed by atoms with E-state index in [0.717, 1.165) is 29.1 Å². The number of amides is 1. The van der Waals surface area contributed by atoms with Gasteiger partial charge in [0.05, 0.1) is 11.4 Å². The minimum absolute atomic E-state index is 0.0750. The van der Waals surface area contributed by atoms with Gasteiger partial charge < -0.3 is 14.2 Å².